The number of benzene rings is 2. The maximum Gasteiger partial charge on any atom is 0.242 e. The maximum atomic E-state index is 12.9. The molecule has 0 amide bonds. The van der Waals surface area contributed by atoms with Crippen molar-refractivity contribution in [2.24, 2.45) is 0 Å². The summed E-state index contributed by atoms with van der Waals surface area (Å²) in [6, 6.07) is 13.8. The first kappa shape index (κ1) is 19.4. The van der Waals surface area contributed by atoms with E-state index in [2.05, 4.69) is 11.8 Å². The van der Waals surface area contributed by atoms with Crippen molar-refractivity contribution in [1.29, 1.82) is 0 Å². The van der Waals surface area contributed by atoms with Crippen molar-refractivity contribution in [2.75, 3.05) is 31.6 Å². The van der Waals surface area contributed by atoms with Crippen LogP contribution < -0.4 is 9.64 Å². The monoisotopic (exact) mass is 388 g/mol. The number of carbonyl (C=O) groups is 1. The normalized spacial score (nSPS) is 16.7. The molecular weight excluding hydrogens is 364 g/mol. The molecule has 1 atom stereocenters. The summed E-state index contributed by atoms with van der Waals surface area (Å²) in [6.45, 7) is 5.20. The van der Waals surface area contributed by atoms with Crippen LogP contribution in [-0.4, -0.2) is 51.3 Å². The van der Waals surface area contributed by atoms with Gasteiger partial charge >= 0.3 is 0 Å². The van der Waals surface area contributed by atoms with Gasteiger partial charge in [-0.2, -0.15) is 4.31 Å². The lowest BCUT2D eigenvalue weighted by Crippen LogP contribution is -2.46. The standard InChI is InChI=1S/C20H24N2O4S/c1-4-22-14-17(26-20-8-6-5-7-19(20)22)13-21(3)27(24,25)18-11-9-16(10-12-18)15(2)23/h5-12,17H,4,13-14H2,1-3H3/t17-/m0/s1. The average Bonchev–Trinajstić information content (AvgIpc) is 2.67. The Morgan fingerprint density at radius 2 is 1.85 bits per heavy atom. The summed E-state index contributed by atoms with van der Waals surface area (Å²) >= 11 is 0. The maximum absolute atomic E-state index is 12.9. The van der Waals surface area contributed by atoms with Crippen LogP contribution in [-0.2, 0) is 10.0 Å². The SMILES string of the molecule is CCN1C[C@H](CN(C)S(=O)(=O)c2ccc(C(C)=O)cc2)Oc2ccccc21. The molecule has 3 rings (SSSR count). The zero-order chi connectivity index (χ0) is 19.6. The van der Waals surface area contributed by atoms with E-state index in [1.165, 1.54) is 35.5 Å². The first-order chi connectivity index (χ1) is 12.8. The average molecular weight is 388 g/mol. The van der Waals surface area contributed by atoms with Gasteiger partial charge < -0.3 is 9.64 Å². The van der Waals surface area contributed by atoms with E-state index in [-0.39, 0.29) is 23.3 Å². The lowest BCUT2D eigenvalue weighted by molar-refractivity contribution is 0.101. The number of hydrogen-bond acceptors (Lipinski definition) is 5. The highest BCUT2D eigenvalue weighted by Crippen LogP contribution is 2.33. The van der Waals surface area contributed by atoms with Crippen molar-refractivity contribution in [1.82, 2.24) is 4.31 Å². The molecule has 0 saturated heterocycles. The molecule has 0 saturated carbocycles. The molecule has 27 heavy (non-hydrogen) atoms. The summed E-state index contributed by atoms with van der Waals surface area (Å²) < 4.78 is 33.0. The Bertz CT molecular complexity index is 925. The van der Waals surface area contributed by atoms with Crippen molar-refractivity contribution in [3.63, 3.8) is 0 Å². The third-order valence-electron chi connectivity index (χ3n) is 4.74. The Balaban J connectivity index is 1.76. The van der Waals surface area contributed by atoms with E-state index in [4.69, 9.17) is 4.74 Å². The second-order valence-electron chi connectivity index (χ2n) is 6.61. The number of ether oxygens (including phenoxy) is 1. The zero-order valence-electron chi connectivity index (χ0n) is 15.8. The fourth-order valence-electron chi connectivity index (χ4n) is 3.20. The third-order valence-corrected chi connectivity index (χ3v) is 6.57. The summed E-state index contributed by atoms with van der Waals surface area (Å²) in [5.41, 5.74) is 1.52. The predicted molar refractivity (Wildman–Crippen MR) is 105 cm³/mol. The van der Waals surface area contributed by atoms with E-state index in [0.29, 0.717) is 12.1 Å². The van der Waals surface area contributed by atoms with Crippen LogP contribution in [0.3, 0.4) is 0 Å². The molecule has 0 aliphatic carbocycles. The Labute approximate surface area is 160 Å². The number of para-hydroxylation sites is 2. The largest absolute Gasteiger partial charge is 0.485 e. The topological polar surface area (TPSA) is 66.9 Å². The second kappa shape index (κ2) is 7.70. The van der Waals surface area contributed by atoms with E-state index < -0.39 is 10.0 Å². The van der Waals surface area contributed by atoms with Gasteiger partial charge in [-0.15, -0.1) is 0 Å². The van der Waals surface area contributed by atoms with E-state index in [9.17, 15) is 13.2 Å². The molecule has 1 aliphatic heterocycles. The summed E-state index contributed by atoms with van der Waals surface area (Å²) in [4.78, 5) is 13.7. The molecule has 0 bridgehead atoms. The van der Waals surface area contributed by atoms with Crippen LogP contribution >= 0.6 is 0 Å². The number of ketones is 1. The van der Waals surface area contributed by atoms with Gasteiger partial charge in [0, 0.05) is 19.2 Å². The van der Waals surface area contributed by atoms with Crippen LogP contribution in [0.5, 0.6) is 5.75 Å². The summed E-state index contributed by atoms with van der Waals surface area (Å²) in [6.07, 6.45) is -0.267. The summed E-state index contributed by atoms with van der Waals surface area (Å²) in [5.74, 6) is 0.674. The van der Waals surface area contributed by atoms with Crippen LogP contribution in [0.15, 0.2) is 53.4 Å². The molecule has 0 aromatic heterocycles. The minimum absolute atomic E-state index is 0.0961. The minimum Gasteiger partial charge on any atom is -0.485 e. The van der Waals surface area contributed by atoms with E-state index in [1.807, 2.05) is 24.3 Å². The Kier molecular flexibility index (Phi) is 5.53. The molecule has 2 aromatic carbocycles. The van der Waals surface area contributed by atoms with Gasteiger partial charge in [0.25, 0.3) is 0 Å². The number of rotatable bonds is 6. The van der Waals surface area contributed by atoms with Crippen molar-refractivity contribution in [3.8, 4) is 5.75 Å². The first-order valence-electron chi connectivity index (χ1n) is 8.91. The van der Waals surface area contributed by atoms with Gasteiger partial charge in [-0.25, -0.2) is 8.42 Å². The van der Waals surface area contributed by atoms with Crippen LogP contribution in [0.1, 0.15) is 24.2 Å². The molecular formula is C20H24N2O4S. The quantitative estimate of drug-likeness (QED) is 0.712. The fourth-order valence-corrected chi connectivity index (χ4v) is 4.40. The molecule has 0 fully saturated rings. The molecule has 144 valence electrons. The highest BCUT2D eigenvalue weighted by Gasteiger charge is 2.29. The summed E-state index contributed by atoms with van der Waals surface area (Å²) in [5, 5.41) is 0. The molecule has 0 spiro atoms. The first-order valence-corrected chi connectivity index (χ1v) is 10.3. The van der Waals surface area contributed by atoms with Crippen LogP contribution in [0, 0.1) is 0 Å². The molecule has 7 heteroatoms. The van der Waals surface area contributed by atoms with Crippen molar-refractivity contribution in [3.05, 3.63) is 54.1 Å². The fraction of sp³-hybridized carbons (Fsp3) is 0.350. The third kappa shape index (κ3) is 3.99. The van der Waals surface area contributed by atoms with Gasteiger partial charge in [0.05, 0.1) is 23.7 Å². The lowest BCUT2D eigenvalue weighted by Gasteiger charge is -2.36. The molecule has 0 N–H and O–H groups in total. The Hall–Kier alpha value is -2.38. The van der Waals surface area contributed by atoms with Crippen LogP contribution in [0.25, 0.3) is 0 Å². The number of anilines is 1. The van der Waals surface area contributed by atoms with Gasteiger partial charge in [0.15, 0.2) is 5.78 Å². The molecule has 2 aromatic rings. The highest BCUT2D eigenvalue weighted by molar-refractivity contribution is 7.89. The number of nitrogens with zero attached hydrogens (tertiary/aromatic N) is 2. The van der Waals surface area contributed by atoms with Gasteiger partial charge in [-0.05, 0) is 38.1 Å². The lowest BCUT2D eigenvalue weighted by atomic mass is 10.2. The molecule has 6 nitrogen and oxygen atoms in total. The number of likely N-dealkylation sites (N-methyl/N-ethyl adjacent to an activating group) is 2. The van der Waals surface area contributed by atoms with E-state index >= 15 is 0 Å². The Morgan fingerprint density at radius 3 is 2.48 bits per heavy atom. The van der Waals surface area contributed by atoms with Crippen molar-refractivity contribution < 1.29 is 17.9 Å². The summed E-state index contributed by atoms with van der Waals surface area (Å²) in [7, 11) is -2.11. The number of hydrogen-bond donors (Lipinski definition) is 0. The number of carbonyl (C=O) groups excluding carboxylic acids is 1. The van der Waals surface area contributed by atoms with Gasteiger partial charge in [-0.1, -0.05) is 24.3 Å². The van der Waals surface area contributed by atoms with Crippen LogP contribution in [0.2, 0.25) is 0 Å². The Morgan fingerprint density at radius 1 is 1.19 bits per heavy atom. The van der Waals surface area contributed by atoms with Gasteiger partial charge in [0.1, 0.15) is 11.9 Å². The molecule has 0 unspecified atom stereocenters. The molecule has 1 aliphatic rings. The number of Topliss-reactive ketones (excluding diaryl/α,β-unsaturated/α-hetero) is 1. The minimum atomic E-state index is -3.66. The molecule has 1 heterocycles. The second-order valence-corrected chi connectivity index (χ2v) is 8.66. The van der Waals surface area contributed by atoms with Crippen LogP contribution in [0.4, 0.5) is 5.69 Å². The van der Waals surface area contributed by atoms with Gasteiger partial charge in [-0.3, -0.25) is 4.79 Å². The van der Waals surface area contributed by atoms with Gasteiger partial charge in [0.2, 0.25) is 10.0 Å². The number of sulfonamides is 1. The van der Waals surface area contributed by atoms with E-state index in [1.54, 1.807) is 7.05 Å². The van der Waals surface area contributed by atoms with E-state index in [0.717, 1.165) is 18.0 Å². The predicted octanol–water partition coefficient (Wildman–Crippen LogP) is 2.80. The van der Waals surface area contributed by atoms with Crippen molar-refractivity contribution in [2.45, 2.75) is 24.8 Å². The number of fused-ring (bicyclic) bond motifs is 1. The zero-order valence-corrected chi connectivity index (χ0v) is 16.6. The van der Waals surface area contributed by atoms with Crippen molar-refractivity contribution >= 4 is 21.5 Å². The molecule has 0 radical (unpaired) electrons. The smallest absolute Gasteiger partial charge is 0.242 e. The highest BCUT2D eigenvalue weighted by atomic mass is 32.2.